The van der Waals surface area contributed by atoms with Gasteiger partial charge in [0, 0.05) is 25.0 Å². The number of rotatable bonds is 3. The molecule has 2 fully saturated rings. The van der Waals surface area contributed by atoms with Crippen molar-refractivity contribution < 1.29 is 4.79 Å². The molecule has 0 aromatic heterocycles. The van der Waals surface area contributed by atoms with Gasteiger partial charge in [0.05, 0.1) is 0 Å². The molecule has 0 aromatic carbocycles. The Balaban J connectivity index is 1.83. The maximum absolute atomic E-state index is 11.4. The highest BCUT2D eigenvalue weighted by atomic mass is 32.1. The predicted molar refractivity (Wildman–Crippen MR) is 59.6 cm³/mol. The molecule has 2 rings (SSSR count). The number of nitrogens with zero attached hydrogens (tertiary/aromatic N) is 1. The first kappa shape index (κ1) is 10.3. The first-order valence-electron chi connectivity index (χ1n) is 5.45. The van der Waals surface area contributed by atoms with Crippen LogP contribution in [0.1, 0.15) is 25.7 Å². The minimum absolute atomic E-state index is 0.166. The van der Waals surface area contributed by atoms with E-state index in [1.165, 1.54) is 19.4 Å². The van der Waals surface area contributed by atoms with Gasteiger partial charge in [-0.25, -0.2) is 0 Å². The molecule has 0 spiro atoms. The summed E-state index contributed by atoms with van der Waals surface area (Å²) >= 11 is 4.06. The molecule has 1 N–H and O–H groups in total. The highest BCUT2D eigenvalue weighted by Gasteiger charge is 2.37. The molecule has 0 aliphatic carbocycles. The molecule has 2 heterocycles. The Morgan fingerprint density at radius 3 is 3.07 bits per heavy atom. The van der Waals surface area contributed by atoms with Crippen LogP contribution >= 0.6 is 12.6 Å². The Bertz CT molecular complexity index is 222. The number of amides is 1. The topological polar surface area (TPSA) is 32.3 Å². The first-order valence-corrected chi connectivity index (χ1v) is 6.09. The van der Waals surface area contributed by atoms with Gasteiger partial charge in [-0.2, -0.15) is 12.6 Å². The molecule has 1 amide bonds. The third-order valence-corrected chi connectivity index (χ3v) is 3.51. The number of carbonyl (C=O) groups is 1. The maximum Gasteiger partial charge on any atom is 0.221 e. The Hall–Kier alpha value is -0.220. The average Bonchev–Trinajstić information content (AvgIpc) is 2.70. The molecule has 0 bridgehead atoms. The van der Waals surface area contributed by atoms with Gasteiger partial charge >= 0.3 is 0 Å². The van der Waals surface area contributed by atoms with Crippen molar-refractivity contribution in [2.45, 2.75) is 37.8 Å². The van der Waals surface area contributed by atoms with Crippen molar-refractivity contribution >= 4 is 18.5 Å². The van der Waals surface area contributed by atoms with Crippen molar-refractivity contribution in [2.75, 3.05) is 18.8 Å². The van der Waals surface area contributed by atoms with Crippen molar-refractivity contribution in [3.63, 3.8) is 0 Å². The van der Waals surface area contributed by atoms with Gasteiger partial charge in [0.15, 0.2) is 0 Å². The van der Waals surface area contributed by atoms with E-state index in [4.69, 9.17) is 0 Å². The summed E-state index contributed by atoms with van der Waals surface area (Å²) in [7, 11) is 0. The van der Waals surface area contributed by atoms with Crippen LogP contribution in [0.4, 0.5) is 0 Å². The van der Waals surface area contributed by atoms with Crippen LogP contribution in [0.25, 0.3) is 0 Å². The second-order valence-corrected chi connectivity index (χ2v) is 4.63. The van der Waals surface area contributed by atoms with Gasteiger partial charge in [0.1, 0.15) is 0 Å². The highest BCUT2D eigenvalue weighted by molar-refractivity contribution is 7.80. The summed E-state index contributed by atoms with van der Waals surface area (Å²) in [5, 5.41) is 3.12. The summed E-state index contributed by atoms with van der Waals surface area (Å²) < 4.78 is 0. The molecule has 0 aromatic rings. The molecule has 0 saturated carbocycles. The van der Waals surface area contributed by atoms with Gasteiger partial charge in [-0.3, -0.25) is 9.69 Å². The van der Waals surface area contributed by atoms with E-state index in [9.17, 15) is 4.79 Å². The third kappa shape index (κ3) is 2.06. The summed E-state index contributed by atoms with van der Waals surface area (Å²) in [6.45, 7) is 2.39. The lowest BCUT2D eigenvalue weighted by Gasteiger charge is -2.21. The van der Waals surface area contributed by atoms with Crippen LogP contribution in [-0.2, 0) is 4.79 Å². The molecule has 2 aliphatic rings. The molecule has 14 heavy (non-hydrogen) atoms. The molecule has 2 atom stereocenters. The zero-order chi connectivity index (χ0) is 9.97. The van der Waals surface area contributed by atoms with Crippen molar-refractivity contribution in [1.82, 2.24) is 10.2 Å². The van der Waals surface area contributed by atoms with E-state index < -0.39 is 0 Å². The van der Waals surface area contributed by atoms with E-state index in [2.05, 4.69) is 22.8 Å². The average molecular weight is 214 g/mol. The zero-order valence-electron chi connectivity index (χ0n) is 8.41. The normalized spacial score (nSPS) is 31.8. The molecular formula is C10H18N2OS. The van der Waals surface area contributed by atoms with Gasteiger partial charge in [0.2, 0.25) is 5.91 Å². The minimum atomic E-state index is 0.166. The molecule has 0 radical (unpaired) electrons. The molecule has 3 nitrogen and oxygen atoms in total. The summed E-state index contributed by atoms with van der Waals surface area (Å²) in [6, 6.07) is 1.03. The van der Waals surface area contributed by atoms with Gasteiger partial charge < -0.3 is 5.32 Å². The van der Waals surface area contributed by atoms with Crippen molar-refractivity contribution in [3.05, 3.63) is 0 Å². The molecule has 80 valence electrons. The molecule has 2 saturated heterocycles. The van der Waals surface area contributed by atoms with E-state index >= 15 is 0 Å². The first-order chi connectivity index (χ1) is 6.81. The van der Waals surface area contributed by atoms with E-state index in [0.717, 1.165) is 13.0 Å². The Kier molecular flexibility index (Phi) is 3.34. The van der Waals surface area contributed by atoms with E-state index in [0.29, 0.717) is 24.3 Å². The largest absolute Gasteiger partial charge is 0.352 e. The minimum Gasteiger partial charge on any atom is -0.352 e. The van der Waals surface area contributed by atoms with Crippen molar-refractivity contribution in [1.29, 1.82) is 0 Å². The van der Waals surface area contributed by atoms with Crippen molar-refractivity contribution in [2.24, 2.45) is 0 Å². The van der Waals surface area contributed by atoms with Gasteiger partial charge in [-0.15, -0.1) is 0 Å². The quantitative estimate of drug-likeness (QED) is 0.677. The van der Waals surface area contributed by atoms with Gasteiger partial charge in [-0.1, -0.05) is 0 Å². The van der Waals surface area contributed by atoms with Crippen LogP contribution in [0.5, 0.6) is 0 Å². The molecular weight excluding hydrogens is 196 g/mol. The summed E-state index contributed by atoms with van der Waals surface area (Å²) in [4.78, 5) is 13.9. The van der Waals surface area contributed by atoms with Crippen LogP contribution in [-0.4, -0.2) is 41.7 Å². The number of fused-ring (bicyclic) bond motifs is 1. The molecule has 2 unspecified atom stereocenters. The van der Waals surface area contributed by atoms with E-state index in [1.807, 2.05) is 0 Å². The van der Waals surface area contributed by atoms with Gasteiger partial charge in [0.25, 0.3) is 0 Å². The van der Waals surface area contributed by atoms with E-state index in [1.54, 1.807) is 0 Å². The van der Waals surface area contributed by atoms with Crippen LogP contribution < -0.4 is 5.32 Å². The lowest BCUT2D eigenvalue weighted by atomic mass is 10.1. The standard InChI is InChI=1S/C10H18N2OS/c13-10(4-7-14)11-8-3-6-12-5-1-2-9(8)12/h8-9,14H,1-7H2,(H,11,13). The van der Waals surface area contributed by atoms with Crippen LogP contribution in [0.3, 0.4) is 0 Å². The number of nitrogens with one attached hydrogen (secondary N) is 1. The lowest BCUT2D eigenvalue weighted by molar-refractivity contribution is -0.121. The second-order valence-electron chi connectivity index (χ2n) is 4.18. The summed E-state index contributed by atoms with van der Waals surface area (Å²) in [6.07, 6.45) is 4.23. The zero-order valence-corrected chi connectivity index (χ0v) is 9.30. The molecule has 4 heteroatoms. The Morgan fingerprint density at radius 2 is 2.29 bits per heavy atom. The summed E-state index contributed by atoms with van der Waals surface area (Å²) in [5.41, 5.74) is 0. The lowest BCUT2D eigenvalue weighted by Crippen LogP contribution is -2.42. The van der Waals surface area contributed by atoms with E-state index in [-0.39, 0.29) is 5.91 Å². The number of hydrogen-bond donors (Lipinski definition) is 2. The number of hydrogen-bond acceptors (Lipinski definition) is 3. The predicted octanol–water partition coefficient (Wildman–Crippen LogP) is 0.659. The van der Waals surface area contributed by atoms with Crippen LogP contribution in [0, 0.1) is 0 Å². The fourth-order valence-electron chi connectivity index (χ4n) is 2.63. The number of carbonyl (C=O) groups excluding carboxylic acids is 1. The van der Waals surface area contributed by atoms with Crippen LogP contribution in [0.2, 0.25) is 0 Å². The Morgan fingerprint density at radius 1 is 1.43 bits per heavy atom. The second kappa shape index (κ2) is 4.53. The fourth-order valence-corrected chi connectivity index (χ4v) is 2.83. The maximum atomic E-state index is 11.4. The monoisotopic (exact) mass is 214 g/mol. The highest BCUT2D eigenvalue weighted by Crippen LogP contribution is 2.27. The SMILES string of the molecule is O=C(CCS)NC1CCN2CCCC12. The Labute approximate surface area is 90.6 Å². The third-order valence-electron chi connectivity index (χ3n) is 3.29. The summed E-state index contributed by atoms with van der Waals surface area (Å²) in [5.74, 6) is 0.811. The van der Waals surface area contributed by atoms with Gasteiger partial charge in [-0.05, 0) is 31.6 Å². The van der Waals surface area contributed by atoms with Crippen molar-refractivity contribution in [3.8, 4) is 0 Å². The molecule has 2 aliphatic heterocycles. The smallest absolute Gasteiger partial charge is 0.221 e. The fraction of sp³-hybridized carbons (Fsp3) is 0.900. The van der Waals surface area contributed by atoms with Crippen LogP contribution in [0.15, 0.2) is 0 Å². The number of thiol groups is 1.